The molecule has 0 unspecified atom stereocenters. The predicted octanol–water partition coefficient (Wildman–Crippen LogP) is 5.06. The van der Waals surface area contributed by atoms with Crippen LogP contribution < -0.4 is 5.32 Å². The van der Waals surface area contributed by atoms with E-state index in [1.165, 1.54) is 43.0 Å². The third kappa shape index (κ3) is 5.21. The van der Waals surface area contributed by atoms with Crippen molar-refractivity contribution in [1.29, 1.82) is 5.26 Å². The van der Waals surface area contributed by atoms with Crippen molar-refractivity contribution in [2.24, 2.45) is 0 Å². The second-order valence-corrected chi connectivity index (χ2v) is 8.60. The van der Waals surface area contributed by atoms with Crippen LogP contribution in [-0.4, -0.2) is 22.2 Å². The Bertz CT molecular complexity index is 1210. The highest BCUT2D eigenvalue weighted by molar-refractivity contribution is 8.03. The Kier molecular flexibility index (Phi) is 7.46. The summed E-state index contributed by atoms with van der Waals surface area (Å²) in [7, 11) is 0. The molecule has 33 heavy (non-hydrogen) atoms. The summed E-state index contributed by atoms with van der Waals surface area (Å²) >= 11 is 1.18. The lowest BCUT2D eigenvalue weighted by Gasteiger charge is -2.29. The Morgan fingerprint density at radius 2 is 1.79 bits per heavy atom. The minimum absolute atomic E-state index is 0.0372. The number of nitro benzene ring substituents is 1. The van der Waals surface area contributed by atoms with E-state index >= 15 is 0 Å². The van der Waals surface area contributed by atoms with Crippen LogP contribution in [0, 0.1) is 21.4 Å². The maximum absolute atomic E-state index is 12.6. The Morgan fingerprint density at radius 1 is 1.15 bits per heavy atom. The van der Waals surface area contributed by atoms with Gasteiger partial charge in [-0.05, 0) is 43.5 Å². The van der Waals surface area contributed by atoms with Gasteiger partial charge in [0, 0.05) is 29.0 Å². The summed E-state index contributed by atoms with van der Waals surface area (Å²) in [5, 5.41) is 24.5. The van der Waals surface area contributed by atoms with Crippen molar-refractivity contribution in [3.8, 4) is 6.07 Å². The number of nitrogens with zero attached hydrogens (tertiary/aromatic N) is 2. The lowest BCUT2D eigenvalue weighted by molar-refractivity contribution is -0.384. The molecule has 1 N–H and O–H groups in total. The van der Waals surface area contributed by atoms with Crippen LogP contribution in [0.5, 0.6) is 0 Å². The van der Waals surface area contributed by atoms with E-state index in [9.17, 15) is 25.0 Å². The number of nitro groups is 1. The molecule has 2 aromatic carbocycles. The molecule has 0 saturated heterocycles. The van der Waals surface area contributed by atoms with Crippen LogP contribution in [0.25, 0.3) is 0 Å². The topological polar surface area (TPSA) is 113 Å². The molecule has 8 heteroatoms. The lowest BCUT2D eigenvalue weighted by Crippen LogP contribution is -2.27. The van der Waals surface area contributed by atoms with Crippen molar-refractivity contribution in [3.63, 3.8) is 0 Å². The van der Waals surface area contributed by atoms with Gasteiger partial charge >= 0.3 is 0 Å². The SMILES string of the molecule is CCc1ccc([C@H]2C(C#N)=C(SCC(=O)c3ccc([N+](=O)[O-])cc3)NC(C)=C2C(C)=O)cc1. The molecule has 0 fully saturated rings. The van der Waals surface area contributed by atoms with Crippen molar-refractivity contribution in [1.82, 2.24) is 5.32 Å². The van der Waals surface area contributed by atoms with Crippen molar-refractivity contribution in [3.05, 3.63) is 97.2 Å². The molecule has 7 nitrogen and oxygen atoms in total. The highest BCUT2D eigenvalue weighted by Gasteiger charge is 2.33. The number of carbonyl (C=O) groups excluding carboxylic acids is 2. The Hall–Kier alpha value is -3.70. The van der Waals surface area contributed by atoms with E-state index in [0.29, 0.717) is 27.4 Å². The second kappa shape index (κ2) is 10.3. The molecule has 0 aliphatic carbocycles. The minimum atomic E-state index is -0.520. The number of hydrogen-bond acceptors (Lipinski definition) is 7. The van der Waals surface area contributed by atoms with E-state index in [0.717, 1.165) is 17.5 Å². The van der Waals surface area contributed by atoms with Gasteiger partial charge in [0.1, 0.15) is 0 Å². The van der Waals surface area contributed by atoms with Crippen molar-refractivity contribution in [2.45, 2.75) is 33.1 Å². The lowest BCUT2D eigenvalue weighted by atomic mass is 9.81. The Balaban J connectivity index is 1.91. The molecule has 168 valence electrons. The van der Waals surface area contributed by atoms with Crippen LogP contribution in [0.15, 0.2) is 70.4 Å². The normalized spacial score (nSPS) is 15.6. The van der Waals surface area contributed by atoms with E-state index in [1.807, 2.05) is 24.3 Å². The number of Topliss-reactive ketones (excluding diaryl/α,β-unsaturated/α-hetero) is 2. The number of ketones is 2. The molecular weight excluding hydrogens is 438 g/mol. The molecule has 0 aromatic heterocycles. The number of non-ortho nitro benzene ring substituents is 1. The van der Waals surface area contributed by atoms with Gasteiger partial charge in [-0.2, -0.15) is 5.26 Å². The van der Waals surface area contributed by atoms with Crippen LogP contribution in [0.1, 0.15) is 48.2 Å². The largest absolute Gasteiger partial charge is 0.353 e. The monoisotopic (exact) mass is 461 g/mol. The van der Waals surface area contributed by atoms with Crippen LogP contribution in [-0.2, 0) is 11.2 Å². The zero-order valence-corrected chi connectivity index (χ0v) is 19.4. The fraction of sp³-hybridized carbons (Fsp3) is 0.240. The van der Waals surface area contributed by atoms with Crippen LogP contribution in [0.2, 0.25) is 0 Å². The summed E-state index contributed by atoms with van der Waals surface area (Å²) in [6.45, 7) is 5.33. The van der Waals surface area contributed by atoms with Gasteiger partial charge in [0.2, 0.25) is 0 Å². The number of rotatable bonds is 8. The number of benzene rings is 2. The van der Waals surface area contributed by atoms with Crippen LogP contribution in [0.3, 0.4) is 0 Å². The number of thioether (sulfide) groups is 1. The minimum Gasteiger partial charge on any atom is -0.353 e. The van der Waals surface area contributed by atoms with Gasteiger partial charge in [0.25, 0.3) is 5.69 Å². The standard InChI is InChI=1S/C25H23N3O4S/c1-4-17-5-7-19(8-6-17)24-21(13-26)25(27-15(2)23(24)16(3)29)33-14-22(30)18-9-11-20(12-10-18)28(31)32/h5-12,24,27H,4,14H2,1-3H3/t24-/m0/s1. The van der Waals surface area contributed by atoms with Crippen molar-refractivity contribution < 1.29 is 14.5 Å². The molecule has 1 heterocycles. The Morgan fingerprint density at radius 3 is 2.30 bits per heavy atom. The molecule has 3 rings (SSSR count). The average molecular weight is 462 g/mol. The van der Waals surface area contributed by atoms with Crippen molar-refractivity contribution >= 4 is 29.0 Å². The van der Waals surface area contributed by atoms with Crippen LogP contribution >= 0.6 is 11.8 Å². The third-order valence-corrected chi connectivity index (χ3v) is 6.51. The highest BCUT2D eigenvalue weighted by atomic mass is 32.2. The van der Waals surface area contributed by atoms with Gasteiger partial charge < -0.3 is 5.32 Å². The fourth-order valence-electron chi connectivity index (χ4n) is 3.76. The van der Waals surface area contributed by atoms with E-state index in [2.05, 4.69) is 18.3 Å². The molecule has 2 aromatic rings. The van der Waals surface area contributed by atoms with Crippen LogP contribution in [0.4, 0.5) is 5.69 Å². The molecule has 0 radical (unpaired) electrons. The first-order valence-corrected chi connectivity index (χ1v) is 11.4. The van der Waals surface area contributed by atoms with Gasteiger partial charge in [-0.15, -0.1) is 0 Å². The zero-order chi connectivity index (χ0) is 24.1. The van der Waals surface area contributed by atoms with E-state index in [-0.39, 0.29) is 23.0 Å². The van der Waals surface area contributed by atoms with Gasteiger partial charge in [-0.25, -0.2) is 0 Å². The first-order valence-electron chi connectivity index (χ1n) is 10.4. The smallest absolute Gasteiger partial charge is 0.269 e. The van der Waals surface area contributed by atoms with Gasteiger partial charge in [0.05, 0.1) is 33.3 Å². The van der Waals surface area contributed by atoms with E-state index < -0.39 is 10.8 Å². The van der Waals surface area contributed by atoms with Gasteiger partial charge in [-0.3, -0.25) is 19.7 Å². The number of allylic oxidation sites excluding steroid dienone is 3. The first kappa shape index (κ1) is 24.0. The fourth-order valence-corrected chi connectivity index (χ4v) is 4.75. The number of hydrogen-bond donors (Lipinski definition) is 1. The van der Waals surface area contributed by atoms with Gasteiger partial charge in [0.15, 0.2) is 11.6 Å². The summed E-state index contributed by atoms with van der Waals surface area (Å²) in [5.41, 5.74) is 3.83. The average Bonchev–Trinajstić information content (AvgIpc) is 2.81. The molecule has 0 saturated carbocycles. The van der Waals surface area contributed by atoms with Gasteiger partial charge in [-0.1, -0.05) is 43.0 Å². The number of carbonyl (C=O) groups is 2. The highest BCUT2D eigenvalue weighted by Crippen LogP contribution is 2.41. The molecule has 1 atom stereocenters. The maximum Gasteiger partial charge on any atom is 0.269 e. The predicted molar refractivity (Wildman–Crippen MR) is 128 cm³/mol. The number of dihydropyridines is 1. The quantitative estimate of drug-likeness (QED) is 0.332. The molecule has 1 aliphatic heterocycles. The summed E-state index contributed by atoms with van der Waals surface area (Å²) < 4.78 is 0. The summed E-state index contributed by atoms with van der Waals surface area (Å²) in [6.07, 6.45) is 0.883. The summed E-state index contributed by atoms with van der Waals surface area (Å²) in [6, 6.07) is 15.5. The summed E-state index contributed by atoms with van der Waals surface area (Å²) in [5.74, 6) is -0.820. The molecule has 0 bridgehead atoms. The summed E-state index contributed by atoms with van der Waals surface area (Å²) in [4.78, 5) is 35.4. The molecule has 0 spiro atoms. The second-order valence-electron chi connectivity index (χ2n) is 7.62. The van der Waals surface area contributed by atoms with E-state index in [1.54, 1.807) is 6.92 Å². The number of nitrogens with one attached hydrogen (secondary N) is 1. The molecular formula is C25H23N3O4S. The zero-order valence-electron chi connectivity index (χ0n) is 18.5. The number of nitriles is 1. The number of aryl methyl sites for hydroxylation is 1. The first-order chi connectivity index (χ1) is 15.8. The molecule has 0 amide bonds. The third-order valence-electron chi connectivity index (χ3n) is 5.50. The Labute approximate surface area is 196 Å². The maximum atomic E-state index is 12.6. The molecule has 1 aliphatic rings. The van der Waals surface area contributed by atoms with E-state index in [4.69, 9.17) is 0 Å². The van der Waals surface area contributed by atoms with Crippen molar-refractivity contribution in [2.75, 3.05) is 5.75 Å².